The summed E-state index contributed by atoms with van der Waals surface area (Å²) >= 11 is 0. The van der Waals surface area contributed by atoms with Gasteiger partial charge >= 0.3 is 0 Å². The first-order valence-corrected chi connectivity index (χ1v) is 10.2. The first-order chi connectivity index (χ1) is 12.9. The molecule has 5 heteroatoms. The van der Waals surface area contributed by atoms with Crippen LogP contribution in [0.4, 0.5) is 0 Å². The third kappa shape index (κ3) is 4.71. The minimum atomic E-state index is 0.527. The molecular weight excluding hydrogens is 324 g/mol. The highest BCUT2D eigenvalue weighted by atomic mass is 16.5. The highest BCUT2D eigenvalue weighted by Crippen LogP contribution is 2.25. The highest BCUT2D eigenvalue weighted by molar-refractivity contribution is 5.53. The fourth-order valence-corrected chi connectivity index (χ4v) is 4.39. The Morgan fingerprint density at radius 3 is 2.73 bits per heavy atom. The van der Waals surface area contributed by atoms with Crippen LogP contribution in [0.25, 0.3) is 11.4 Å². The zero-order chi connectivity index (χ0) is 17.6. The van der Waals surface area contributed by atoms with Gasteiger partial charge in [-0.05, 0) is 38.1 Å². The lowest BCUT2D eigenvalue weighted by Gasteiger charge is -2.36. The summed E-state index contributed by atoms with van der Waals surface area (Å²) in [6.07, 6.45) is 9.68. The van der Waals surface area contributed by atoms with Gasteiger partial charge < -0.3 is 14.7 Å². The van der Waals surface area contributed by atoms with Crippen molar-refractivity contribution in [1.82, 2.24) is 20.4 Å². The molecule has 0 radical (unpaired) electrons. The number of piperidine rings is 1. The molecule has 1 aliphatic heterocycles. The van der Waals surface area contributed by atoms with Gasteiger partial charge in [-0.2, -0.15) is 4.98 Å². The molecule has 26 heavy (non-hydrogen) atoms. The van der Waals surface area contributed by atoms with E-state index < -0.39 is 0 Å². The number of benzene rings is 1. The number of nitrogens with one attached hydrogen (secondary N) is 1. The van der Waals surface area contributed by atoms with E-state index in [4.69, 9.17) is 4.52 Å². The third-order valence-corrected chi connectivity index (χ3v) is 5.79. The van der Waals surface area contributed by atoms with Crippen LogP contribution < -0.4 is 5.32 Å². The summed E-state index contributed by atoms with van der Waals surface area (Å²) < 4.78 is 5.42. The summed E-state index contributed by atoms with van der Waals surface area (Å²) in [5.74, 6) is 2.27. The smallest absolute Gasteiger partial charge is 0.240 e. The van der Waals surface area contributed by atoms with Gasteiger partial charge in [-0.3, -0.25) is 0 Å². The van der Waals surface area contributed by atoms with E-state index in [0.717, 1.165) is 18.0 Å². The Morgan fingerprint density at radius 2 is 1.88 bits per heavy atom. The molecule has 0 bridgehead atoms. The van der Waals surface area contributed by atoms with E-state index in [-0.39, 0.29) is 0 Å². The van der Waals surface area contributed by atoms with E-state index in [1.807, 2.05) is 30.3 Å². The van der Waals surface area contributed by atoms with Crippen LogP contribution in [0.1, 0.15) is 50.8 Å². The maximum absolute atomic E-state index is 5.42. The van der Waals surface area contributed by atoms with Crippen molar-refractivity contribution in [3.63, 3.8) is 0 Å². The molecule has 1 N–H and O–H groups in total. The molecule has 2 aromatic rings. The number of nitrogens with zero attached hydrogens (tertiary/aromatic N) is 3. The summed E-state index contributed by atoms with van der Waals surface area (Å²) in [7, 11) is 0. The minimum Gasteiger partial charge on any atom is -0.338 e. The van der Waals surface area contributed by atoms with Gasteiger partial charge in [0.25, 0.3) is 0 Å². The first kappa shape index (κ1) is 17.7. The van der Waals surface area contributed by atoms with Gasteiger partial charge in [-0.15, -0.1) is 0 Å². The molecule has 4 rings (SSSR count). The van der Waals surface area contributed by atoms with E-state index in [9.17, 15) is 0 Å². The van der Waals surface area contributed by atoms with Crippen LogP contribution in [-0.2, 0) is 6.54 Å². The predicted octanol–water partition coefficient (Wildman–Crippen LogP) is 3.87. The molecule has 1 saturated carbocycles. The Bertz CT molecular complexity index is 666. The molecule has 0 unspecified atom stereocenters. The Balaban J connectivity index is 1.26. The second-order valence-electron chi connectivity index (χ2n) is 7.86. The van der Waals surface area contributed by atoms with Gasteiger partial charge in [0, 0.05) is 24.7 Å². The van der Waals surface area contributed by atoms with Crippen LogP contribution in [0.3, 0.4) is 0 Å². The van der Waals surface area contributed by atoms with Gasteiger partial charge in [-0.1, -0.05) is 54.8 Å². The minimum absolute atomic E-state index is 0.527. The zero-order valence-electron chi connectivity index (χ0n) is 15.6. The van der Waals surface area contributed by atoms with Crippen LogP contribution >= 0.6 is 0 Å². The lowest BCUT2D eigenvalue weighted by molar-refractivity contribution is 0.148. The van der Waals surface area contributed by atoms with Gasteiger partial charge in [0.05, 0.1) is 6.54 Å². The van der Waals surface area contributed by atoms with Gasteiger partial charge in [0.15, 0.2) is 0 Å². The van der Waals surface area contributed by atoms with Crippen LogP contribution in [0, 0.1) is 5.92 Å². The fourth-order valence-electron chi connectivity index (χ4n) is 4.39. The fraction of sp³-hybridized carbons (Fsp3) is 0.619. The summed E-state index contributed by atoms with van der Waals surface area (Å²) in [6.45, 7) is 4.35. The predicted molar refractivity (Wildman–Crippen MR) is 103 cm³/mol. The van der Waals surface area contributed by atoms with Gasteiger partial charge in [0.1, 0.15) is 0 Å². The second-order valence-corrected chi connectivity index (χ2v) is 7.86. The topological polar surface area (TPSA) is 54.2 Å². The van der Waals surface area contributed by atoms with Crippen LogP contribution in [-0.4, -0.2) is 40.7 Å². The SMILES string of the molecule is c1ccc(-c2noc(CN[C@@H]3CCCN(CC4CCCCC4)C3)n2)cc1. The highest BCUT2D eigenvalue weighted by Gasteiger charge is 2.23. The molecule has 5 nitrogen and oxygen atoms in total. The molecule has 1 atom stereocenters. The van der Waals surface area contributed by atoms with Crippen molar-refractivity contribution in [3.8, 4) is 11.4 Å². The standard InChI is InChI=1S/C21H30N4O/c1-3-8-17(9-4-1)15-25-13-7-12-19(16-25)22-14-20-23-21(24-26-20)18-10-5-2-6-11-18/h2,5-6,10-11,17,19,22H,1,3-4,7-9,12-16H2/t19-/m1/s1. The Kier molecular flexibility index (Phi) is 5.97. The summed E-state index contributed by atoms with van der Waals surface area (Å²) in [6, 6.07) is 10.5. The van der Waals surface area contributed by atoms with Crippen molar-refractivity contribution in [2.45, 2.75) is 57.5 Å². The zero-order valence-corrected chi connectivity index (χ0v) is 15.6. The lowest BCUT2D eigenvalue weighted by Crippen LogP contribution is -2.47. The summed E-state index contributed by atoms with van der Waals surface area (Å²) in [5, 5.41) is 7.74. The molecule has 1 aromatic heterocycles. The average molecular weight is 354 g/mol. The maximum atomic E-state index is 5.42. The summed E-state index contributed by atoms with van der Waals surface area (Å²) in [5.41, 5.74) is 0.999. The quantitative estimate of drug-likeness (QED) is 0.853. The van der Waals surface area contributed by atoms with Gasteiger partial charge in [-0.25, -0.2) is 0 Å². The van der Waals surface area contributed by atoms with E-state index in [0.29, 0.717) is 24.3 Å². The van der Waals surface area contributed by atoms with E-state index in [1.54, 1.807) is 0 Å². The number of likely N-dealkylation sites (tertiary alicyclic amines) is 1. The first-order valence-electron chi connectivity index (χ1n) is 10.2. The molecule has 2 aliphatic rings. The van der Waals surface area contributed by atoms with E-state index in [2.05, 4.69) is 20.4 Å². The molecule has 1 saturated heterocycles. The largest absolute Gasteiger partial charge is 0.338 e. The molecule has 1 aliphatic carbocycles. The van der Waals surface area contributed by atoms with E-state index in [1.165, 1.54) is 58.0 Å². The van der Waals surface area contributed by atoms with Crippen LogP contribution in [0.2, 0.25) is 0 Å². The van der Waals surface area contributed by atoms with Crippen molar-refractivity contribution < 1.29 is 4.52 Å². The molecule has 0 spiro atoms. The third-order valence-electron chi connectivity index (χ3n) is 5.79. The Hall–Kier alpha value is -1.72. The summed E-state index contributed by atoms with van der Waals surface area (Å²) in [4.78, 5) is 7.19. The average Bonchev–Trinajstić information content (AvgIpc) is 3.17. The normalized spacial score (nSPS) is 22.5. The number of hydrogen-bond donors (Lipinski definition) is 1. The van der Waals surface area contributed by atoms with Crippen LogP contribution in [0.15, 0.2) is 34.9 Å². The Morgan fingerprint density at radius 1 is 1.04 bits per heavy atom. The van der Waals surface area contributed by atoms with Crippen molar-refractivity contribution in [3.05, 3.63) is 36.2 Å². The van der Waals surface area contributed by atoms with Crippen molar-refractivity contribution in [2.24, 2.45) is 5.92 Å². The lowest BCUT2D eigenvalue weighted by atomic mass is 9.88. The number of rotatable bonds is 6. The molecule has 2 fully saturated rings. The van der Waals surface area contributed by atoms with Crippen molar-refractivity contribution in [1.29, 1.82) is 0 Å². The van der Waals surface area contributed by atoms with E-state index >= 15 is 0 Å². The van der Waals surface area contributed by atoms with Crippen molar-refractivity contribution in [2.75, 3.05) is 19.6 Å². The number of aromatic nitrogens is 2. The van der Waals surface area contributed by atoms with Crippen molar-refractivity contribution >= 4 is 0 Å². The maximum Gasteiger partial charge on any atom is 0.240 e. The van der Waals surface area contributed by atoms with Crippen LogP contribution in [0.5, 0.6) is 0 Å². The molecule has 2 heterocycles. The second kappa shape index (κ2) is 8.78. The number of hydrogen-bond acceptors (Lipinski definition) is 5. The molecule has 1 aromatic carbocycles. The molecular formula is C21H30N4O. The molecule has 140 valence electrons. The van der Waals surface area contributed by atoms with Gasteiger partial charge in [0.2, 0.25) is 11.7 Å². The Labute approximate surface area is 156 Å². The molecule has 0 amide bonds. The monoisotopic (exact) mass is 354 g/mol.